The fourth-order valence-corrected chi connectivity index (χ4v) is 2.57. The maximum atomic E-state index is 5.40. The molecule has 1 N–H and O–H groups in total. The molecule has 0 unspecified atom stereocenters. The van der Waals surface area contributed by atoms with Crippen molar-refractivity contribution in [1.29, 1.82) is 0 Å². The Morgan fingerprint density at radius 1 is 1.05 bits per heavy atom. The van der Waals surface area contributed by atoms with Gasteiger partial charge in [-0.1, -0.05) is 51.2 Å². The molecular weight excluding hydrogens is 260 g/mol. The third-order valence-corrected chi connectivity index (χ3v) is 3.79. The van der Waals surface area contributed by atoms with Crippen molar-refractivity contribution < 1.29 is 4.74 Å². The molecule has 114 valence electrons. The van der Waals surface area contributed by atoms with E-state index < -0.39 is 0 Å². The predicted octanol–water partition coefficient (Wildman–Crippen LogP) is 4.99. The van der Waals surface area contributed by atoms with E-state index >= 15 is 0 Å². The zero-order valence-corrected chi connectivity index (χ0v) is 13.2. The van der Waals surface area contributed by atoms with Crippen LogP contribution in [0.25, 0.3) is 11.3 Å². The number of nitrogens with zero attached hydrogens (tertiary/aromatic N) is 1. The lowest BCUT2D eigenvalue weighted by Gasteiger charge is -2.05. The Hall–Kier alpha value is -1.77. The lowest BCUT2D eigenvalue weighted by molar-refractivity contribution is 0.416. The maximum absolute atomic E-state index is 5.40. The largest absolute Gasteiger partial charge is 0.496 e. The van der Waals surface area contributed by atoms with Gasteiger partial charge in [0, 0.05) is 12.0 Å². The predicted molar refractivity (Wildman–Crippen MR) is 87.7 cm³/mol. The molecule has 0 spiro atoms. The van der Waals surface area contributed by atoms with Crippen LogP contribution in [0.3, 0.4) is 0 Å². The number of hydrogen-bond donors (Lipinski definition) is 1. The number of ether oxygens (including phenoxy) is 1. The monoisotopic (exact) mass is 286 g/mol. The zero-order chi connectivity index (χ0) is 14.9. The Labute approximate surface area is 127 Å². The summed E-state index contributed by atoms with van der Waals surface area (Å²) in [7, 11) is 1.70. The van der Waals surface area contributed by atoms with Crippen molar-refractivity contribution in [2.45, 2.75) is 51.9 Å². The standard InChI is InChI=1S/C18H26N2O/c1-3-4-5-6-7-8-13-18-19-14-16(20-18)15-11-9-10-12-17(15)21-2/h9-12,14H,3-8,13H2,1-2H3,(H,19,20). The van der Waals surface area contributed by atoms with Crippen LogP contribution in [0.2, 0.25) is 0 Å². The van der Waals surface area contributed by atoms with E-state index in [-0.39, 0.29) is 0 Å². The van der Waals surface area contributed by atoms with Crippen molar-refractivity contribution in [3.05, 3.63) is 36.3 Å². The summed E-state index contributed by atoms with van der Waals surface area (Å²) in [5.41, 5.74) is 2.11. The number of hydrogen-bond acceptors (Lipinski definition) is 2. The van der Waals surface area contributed by atoms with Crippen LogP contribution in [0, 0.1) is 0 Å². The molecular formula is C18H26N2O. The van der Waals surface area contributed by atoms with E-state index in [1.54, 1.807) is 7.11 Å². The van der Waals surface area contributed by atoms with E-state index in [0.717, 1.165) is 29.3 Å². The fourth-order valence-electron chi connectivity index (χ4n) is 2.57. The number of rotatable bonds is 9. The van der Waals surface area contributed by atoms with Gasteiger partial charge in [0.15, 0.2) is 0 Å². The van der Waals surface area contributed by atoms with Gasteiger partial charge in [-0.05, 0) is 18.6 Å². The van der Waals surface area contributed by atoms with E-state index in [9.17, 15) is 0 Å². The molecule has 0 aliphatic heterocycles. The molecule has 0 atom stereocenters. The number of nitrogens with one attached hydrogen (secondary N) is 1. The van der Waals surface area contributed by atoms with Crippen LogP contribution in [0.15, 0.2) is 30.5 Å². The number of unbranched alkanes of at least 4 members (excludes halogenated alkanes) is 5. The third-order valence-electron chi connectivity index (χ3n) is 3.79. The molecule has 0 aliphatic carbocycles. The molecule has 1 aromatic heterocycles. The number of aromatic nitrogens is 2. The number of methoxy groups -OCH3 is 1. The molecule has 1 heterocycles. The van der Waals surface area contributed by atoms with E-state index in [2.05, 4.69) is 23.0 Å². The first-order valence-corrected chi connectivity index (χ1v) is 8.02. The second kappa shape index (κ2) is 8.50. The molecule has 0 amide bonds. The average molecular weight is 286 g/mol. The summed E-state index contributed by atoms with van der Waals surface area (Å²) in [6.07, 6.45) is 10.8. The summed E-state index contributed by atoms with van der Waals surface area (Å²) in [5.74, 6) is 1.96. The Bertz CT molecular complexity index is 534. The Morgan fingerprint density at radius 3 is 2.62 bits per heavy atom. The molecule has 0 saturated heterocycles. The van der Waals surface area contributed by atoms with Crippen LogP contribution in [0.4, 0.5) is 0 Å². The van der Waals surface area contributed by atoms with Crippen LogP contribution in [-0.2, 0) is 6.42 Å². The van der Waals surface area contributed by atoms with E-state index in [1.165, 1.54) is 38.5 Å². The summed E-state index contributed by atoms with van der Waals surface area (Å²) < 4.78 is 5.40. The number of para-hydroxylation sites is 1. The maximum Gasteiger partial charge on any atom is 0.128 e. The Balaban J connectivity index is 1.87. The molecule has 2 aromatic rings. The Morgan fingerprint density at radius 2 is 1.81 bits per heavy atom. The number of aryl methyl sites for hydroxylation is 1. The van der Waals surface area contributed by atoms with Gasteiger partial charge in [0.1, 0.15) is 11.6 Å². The quantitative estimate of drug-likeness (QED) is 0.659. The second-order valence-electron chi connectivity index (χ2n) is 5.46. The van der Waals surface area contributed by atoms with E-state index in [1.807, 2.05) is 24.4 Å². The molecule has 0 aliphatic rings. The lowest BCUT2D eigenvalue weighted by Crippen LogP contribution is -1.90. The van der Waals surface area contributed by atoms with Gasteiger partial charge in [-0.3, -0.25) is 0 Å². The van der Waals surface area contributed by atoms with Crippen molar-refractivity contribution in [3.8, 4) is 17.0 Å². The van der Waals surface area contributed by atoms with Gasteiger partial charge in [-0.15, -0.1) is 0 Å². The van der Waals surface area contributed by atoms with Gasteiger partial charge in [0.05, 0.1) is 19.0 Å². The minimum atomic E-state index is 0.882. The summed E-state index contributed by atoms with van der Waals surface area (Å²) in [4.78, 5) is 7.91. The highest BCUT2D eigenvalue weighted by atomic mass is 16.5. The van der Waals surface area contributed by atoms with Gasteiger partial charge in [-0.2, -0.15) is 0 Å². The lowest BCUT2D eigenvalue weighted by atomic mass is 10.1. The number of benzene rings is 1. The normalized spacial score (nSPS) is 10.8. The fraction of sp³-hybridized carbons (Fsp3) is 0.500. The van der Waals surface area contributed by atoms with Crippen LogP contribution >= 0.6 is 0 Å². The van der Waals surface area contributed by atoms with Crippen LogP contribution in [0.5, 0.6) is 5.75 Å². The third kappa shape index (κ3) is 4.62. The van der Waals surface area contributed by atoms with Gasteiger partial charge >= 0.3 is 0 Å². The first-order chi connectivity index (χ1) is 10.3. The van der Waals surface area contributed by atoms with Crippen LogP contribution in [0.1, 0.15) is 51.3 Å². The molecule has 21 heavy (non-hydrogen) atoms. The minimum absolute atomic E-state index is 0.882. The van der Waals surface area contributed by atoms with Crippen LogP contribution < -0.4 is 4.74 Å². The zero-order valence-electron chi connectivity index (χ0n) is 13.2. The second-order valence-corrected chi connectivity index (χ2v) is 5.46. The summed E-state index contributed by atoms with van der Waals surface area (Å²) in [6, 6.07) is 8.03. The smallest absolute Gasteiger partial charge is 0.128 e. The molecule has 3 nitrogen and oxygen atoms in total. The molecule has 0 saturated carbocycles. The van der Waals surface area contributed by atoms with Crippen LogP contribution in [-0.4, -0.2) is 17.1 Å². The molecule has 3 heteroatoms. The number of H-pyrrole nitrogens is 1. The highest BCUT2D eigenvalue weighted by Gasteiger charge is 2.08. The number of aromatic amines is 1. The molecule has 1 aromatic carbocycles. The van der Waals surface area contributed by atoms with Gasteiger partial charge < -0.3 is 9.72 Å². The van der Waals surface area contributed by atoms with Gasteiger partial charge in [-0.25, -0.2) is 4.98 Å². The first kappa shape index (κ1) is 15.6. The highest BCUT2D eigenvalue weighted by molar-refractivity contribution is 5.66. The molecule has 0 fully saturated rings. The van der Waals surface area contributed by atoms with Crippen molar-refractivity contribution >= 4 is 0 Å². The molecule has 0 radical (unpaired) electrons. The van der Waals surface area contributed by atoms with Gasteiger partial charge in [0.2, 0.25) is 0 Å². The molecule has 2 rings (SSSR count). The summed E-state index contributed by atoms with van der Waals surface area (Å²) in [5, 5.41) is 0. The van der Waals surface area contributed by atoms with Crippen molar-refractivity contribution in [1.82, 2.24) is 9.97 Å². The van der Waals surface area contributed by atoms with Crippen molar-refractivity contribution in [2.24, 2.45) is 0 Å². The molecule has 0 bridgehead atoms. The summed E-state index contributed by atoms with van der Waals surface area (Å²) in [6.45, 7) is 2.25. The minimum Gasteiger partial charge on any atom is -0.496 e. The number of imidazole rings is 1. The van der Waals surface area contributed by atoms with E-state index in [0.29, 0.717) is 0 Å². The highest BCUT2D eigenvalue weighted by Crippen LogP contribution is 2.28. The topological polar surface area (TPSA) is 37.9 Å². The van der Waals surface area contributed by atoms with Crippen molar-refractivity contribution in [2.75, 3.05) is 7.11 Å². The average Bonchev–Trinajstić information content (AvgIpc) is 2.99. The van der Waals surface area contributed by atoms with E-state index in [4.69, 9.17) is 4.74 Å². The SMILES string of the molecule is CCCCCCCCc1ncc(-c2ccccc2OC)[nH]1. The first-order valence-electron chi connectivity index (χ1n) is 8.02. The van der Waals surface area contributed by atoms with Crippen molar-refractivity contribution in [3.63, 3.8) is 0 Å². The van der Waals surface area contributed by atoms with Gasteiger partial charge in [0.25, 0.3) is 0 Å². The Kier molecular flexibility index (Phi) is 6.32. The summed E-state index contributed by atoms with van der Waals surface area (Å²) >= 11 is 0.